The maximum Gasteiger partial charge on any atom is 0.864 e. The Bertz CT molecular complexity index is 1480. The standard InChI is InChI=1S/C34H35BF9NO3/c1-3-5-6-7-8-9-10-11-12-13-14-15-21(4-2)45-34-29(20-28(40)32(43)33(34)44)48-35(46-22-16-24(36)30(41)25(37)17-22)47-23-18-26(38)31(42)27(39)19-23/h16-20,45H,2-3,5-15H2,1H3. The van der Waals surface area contributed by atoms with Crippen molar-refractivity contribution in [1.29, 1.82) is 0 Å². The van der Waals surface area contributed by atoms with Gasteiger partial charge < -0.3 is 19.3 Å². The minimum atomic E-state index is -2.38. The minimum absolute atomic E-state index is 0.171. The molecule has 0 heterocycles. The van der Waals surface area contributed by atoms with Crippen LogP contribution in [0.3, 0.4) is 0 Å². The highest BCUT2D eigenvalue weighted by molar-refractivity contribution is 6.39. The van der Waals surface area contributed by atoms with E-state index in [1.807, 2.05) is 0 Å². The van der Waals surface area contributed by atoms with Gasteiger partial charge in [0.25, 0.3) is 0 Å². The van der Waals surface area contributed by atoms with Crippen molar-refractivity contribution in [1.82, 2.24) is 0 Å². The number of unbranched alkanes of at least 4 members (excludes halogenated alkanes) is 10. The molecule has 0 unspecified atom stereocenters. The maximum atomic E-state index is 15.1. The van der Waals surface area contributed by atoms with Crippen LogP contribution in [0.5, 0.6) is 17.2 Å². The van der Waals surface area contributed by atoms with Crippen molar-refractivity contribution in [3.63, 3.8) is 0 Å². The molecule has 3 rings (SSSR count). The molecule has 0 aromatic heterocycles. The number of halogens is 9. The number of anilines is 1. The summed E-state index contributed by atoms with van der Waals surface area (Å²) in [7, 11) is -2.38. The molecule has 260 valence electrons. The van der Waals surface area contributed by atoms with Gasteiger partial charge in [0, 0.05) is 30.3 Å². The Kier molecular flexibility index (Phi) is 15.1. The fourth-order valence-electron chi connectivity index (χ4n) is 4.69. The van der Waals surface area contributed by atoms with Crippen LogP contribution < -0.4 is 19.3 Å². The van der Waals surface area contributed by atoms with Crippen LogP contribution in [0, 0.1) is 52.4 Å². The number of hydrogen-bond acceptors (Lipinski definition) is 4. The lowest BCUT2D eigenvalue weighted by molar-refractivity contribution is 0.300. The molecule has 3 aromatic rings. The van der Waals surface area contributed by atoms with Gasteiger partial charge in [0.15, 0.2) is 52.4 Å². The molecule has 0 aliphatic carbocycles. The summed E-state index contributed by atoms with van der Waals surface area (Å²) >= 11 is 0. The Balaban J connectivity index is 1.77. The van der Waals surface area contributed by atoms with E-state index in [0.717, 1.165) is 32.1 Å². The van der Waals surface area contributed by atoms with Gasteiger partial charge in [-0.2, -0.15) is 0 Å². The summed E-state index contributed by atoms with van der Waals surface area (Å²) in [5.41, 5.74) is 1.93. The second kappa shape index (κ2) is 19.0. The first kappa shape index (κ1) is 38.3. The first-order valence-corrected chi connectivity index (χ1v) is 15.6. The third-order valence-electron chi connectivity index (χ3n) is 7.25. The average Bonchev–Trinajstić information content (AvgIpc) is 3.04. The predicted molar refractivity (Wildman–Crippen MR) is 164 cm³/mol. The Morgan fingerprint density at radius 1 is 0.583 bits per heavy atom. The van der Waals surface area contributed by atoms with Gasteiger partial charge in [-0.15, -0.1) is 5.73 Å². The van der Waals surface area contributed by atoms with E-state index in [9.17, 15) is 35.1 Å². The molecule has 0 amide bonds. The van der Waals surface area contributed by atoms with Gasteiger partial charge in [-0.05, 0) is 12.8 Å². The average molecular weight is 687 g/mol. The number of allylic oxidation sites excluding steroid dienone is 1. The molecule has 0 atom stereocenters. The summed E-state index contributed by atoms with van der Waals surface area (Å²) in [5.74, 6) is -18.4. The summed E-state index contributed by atoms with van der Waals surface area (Å²) in [6.45, 7) is 5.71. The molecule has 0 saturated carbocycles. The van der Waals surface area contributed by atoms with E-state index >= 15 is 4.39 Å². The molecule has 1 N–H and O–H groups in total. The summed E-state index contributed by atoms with van der Waals surface area (Å²) in [4.78, 5) is 0. The molecule has 0 aliphatic rings. The van der Waals surface area contributed by atoms with E-state index in [-0.39, 0.29) is 12.1 Å². The van der Waals surface area contributed by atoms with E-state index < -0.39 is 82.6 Å². The van der Waals surface area contributed by atoms with Crippen molar-refractivity contribution in [2.45, 2.75) is 84.0 Å². The molecule has 0 aliphatic heterocycles. The minimum Gasteiger partial charge on any atom is -0.489 e. The molecule has 3 aromatic carbocycles. The summed E-state index contributed by atoms with van der Waals surface area (Å²) < 4.78 is 142. The molecule has 0 fully saturated rings. The normalized spacial score (nSPS) is 10.9. The van der Waals surface area contributed by atoms with E-state index in [4.69, 9.17) is 14.0 Å². The van der Waals surface area contributed by atoms with Gasteiger partial charge >= 0.3 is 7.32 Å². The maximum absolute atomic E-state index is 15.1. The first-order valence-electron chi connectivity index (χ1n) is 15.6. The van der Waals surface area contributed by atoms with Gasteiger partial charge in [-0.3, -0.25) is 0 Å². The molecule has 4 nitrogen and oxygen atoms in total. The molecular weight excluding hydrogens is 652 g/mol. The summed E-state index contributed by atoms with van der Waals surface area (Å²) in [6, 6.07) is 1.77. The first-order chi connectivity index (χ1) is 22.9. The lowest BCUT2D eigenvalue weighted by Crippen LogP contribution is -2.37. The summed E-state index contributed by atoms with van der Waals surface area (Å²) in [6.07, 6.45) is 12.1. The third kappa shape index (κ3) is 11.2. The van der Waals surface area contributed by atoms with Crippen LogP contribution in [0.4, 0.5) is 45.2 Å². The van der Waals surface area contributed by atoms with Gasteiger partial charge in [-0.1, -0.05) is 77.7 Å². The molecule has 0 saturated heterocycles. The highest BCUT2D eigenvalue weighted by atomic mass is 19.2. The lowest BCUT2D eigenvalue weighted by atomic mass is 10.0. The smallest absolute Gasteiger partial charge is 0.489 e. The molecule has 14 heteroatoms. The van der Waals surface area contributed by atoms with Crippen molar-refractivity contribution in [2.75, 3.05) is 5.32 Å². The van der Waals surface area contributed by atoms with Crippen molar-refractivity contribution >= 4 is 13.0 Å². The third-order valence-corrected chi connectivity index (χ3v) is 7.25. The van der Waals surface area contributed by atoms with Gasteiger partial charge in [0.05, 0.1) is 5.70 Å². The van der Waals surface area contributed by atoms with Crippen LogP contribution in [-0.4, -0.2) is 7.32 Å². The van der Waals surface area contributed by atoms with Gasteiger partial charge in [0.2, 0.25) is 0 Å². The van der Waals surface area contributed by atoms with Gasteiger partial charge in [0.1, 0.15) is 22.9 Å². The van der Waals surface area contributed by atoms with Crippen molar-refractivity contribution < 1.29 is 53.5 Å². The van der Waals surface area contributed by atoms with Crippen molar-refractivity contribution in [2.24, 2.45) is 0 Å². The van der Waals surface area contributed by atoms with Gasteiger partial charge in [-0.25, -0.2) is 39.5 Å². The highest BCUT2D eigenvalue weighted by Gasteiger charge is 2.35. The lowest BCUT2D eigenvalue weighted by Gasteiger charge is -2.20. The Hall–Kier alpha value is -4.19. The van der Waals surface area contributed by atoms with Crippen LogP contribution in [0.2, 0.25) is 0 Å². The number of benzene rings is 3. The Morgan fingerprint density at radius 2 is 1.00 bits per heavy atom. The number of hydrogen-bond donors (Lipinski definition) is 1. The largest absolute Gasteiger partial charge is 0.864 e. The molecule has 48 heavy (non-hydrogen) atoms. The Morgan fingerprint density at radius 3 is 1.44 bits per heavy atom. The topological polar surface area (TPSA) is 39.7 Å². The highest BCUT2D eigenvalue weighted by Crippen LogP contribution is 2.34. The zero-order valence-electron chi connectivity index (χ0n) is 26.3. The molecule has 0 spiro atoms. The van der Waals surface area contributed by atoms with E-state index in [0.29, 0.717) is 36.8 Å². The Labute approximate surface area is 273 Å². The van der Waals surface area contributed by atoms with Crippen molar-refractivity contribution in [3.05, 3.63) is 101 Å². The zero-order chi connectivity index (χ0) is 35.2. The molecule has 0 radical (unpaired) electrons. The van der Waals surface area contributed by atoms with Crippen molar-refractivity contribution in [3.8, 4) is 17.2 Å². The monoisotopic (exact) mass is 687 g/mol. The number of nitrogens with one attached hydrogen (secondary N) is 1. The fourth-order valence-corrected chi connectivity index (χ4v) is 4.69. The summed E-state index contributed by atoms with van der Waals surface area (Å²) in [5, 5.41) is 2.54. The predicted octanol–water partition coefficient (Wildman–Crippen LogP) is 11.2. The van der Waals surface area contributed by atoms with Crippen LogP contribution in [0.1, 0.15) is 84.0 Å². The molecular formula is C34H35BF9NO3. The van der Waals surface area contributed by atoms with E-state index in [2.05, 4.69) is 24.6 Å². The quantitative estimate of drug-likeness (QED) is 0.0422. The zero-order valence-corrected chi connectivity index (χ0v) is 26.3. The fraction of sp³-hybridized carbons (Fsp3) is 0.382. The van der Waals surface area contributed by atoms with Crippen LogP contribution in [-0.2, 0) is 0 Å². The molecule has 0 bridgehead atoms. The SMILES string of the molecule is C=C=C(CCCCCCCCCCCCC)Nc1c(OB(Oc2cc(F)c(F)c(F)c2)Oc2cc(F)c(F)c(F)c2)cc(F)c(F)c1F. The van der Waals surface area contributed by atoms with E-state index in [1.165, 1.54) is 32.1 Å². The van der Waals surface area contributed by atoms with Crippen LogP contribution in [0.25, 0.3) is 0 Å². The van der Waals surface area contributed by atoms with Crippen LogP contribution >= 0.6 is 0 Å². The number of rotatable bonds is 20. The second-order valence-corrected chi connectivity index (χ2v) is 11.0. The van der Waals surface area contributed by atoms with E-state index in [1.54, 1.807) is 0 Å². The second-order valence-electron chi connectivity index (χ2n) is 11.0. The van der Waals surface area contributed by atoms with Crippen LogP contribution in [0.15, 0.2) is 48.3 Å².